The summed E-state index contributed by atoms with van der Waals surface area (Å²) in [6.07, 6.45) is 2.45. The summed E-state index contributed by atoms with van der Waals surface area (Å²) in [5.74, 6) is 4.45. The lowest BCUT2D eigenvalue weighted by Gasteiger charge is -1.94. The van der Waals surface area contributed by atoms with E-state index in [-0.39, 0.29) is 5.56 Å². The molecule has 0 saturated heterocycles. The third-order valence-corrected chi connectivity index (χ3v) is 1.91. The predicted molar refractivity (Wildman–Crippen MR) is 56.1 cm³/mol. The van der Waals surface area contributed by atoms with Crippen LogP contribution in [0, 0.1) is 23.5 Å². The Morgan fingerprint density at radius 1 is 1.20 bits per heavy atom. The van der Waals surface area contributed by atoms with Crippen LogP contribution in [0.4, 0.5) is 8.78 Å². The highest BCUT2D eigenvalue weighted by Crippen LogP contribution is 2.08. The normalized spacial score (nSPS) is 9.53. The van der Waals surface area contributed by atoms with E-state index in [2.05, 4.69) is 11.8 Å². The summed E-state index contributed by atoms with van der Waals surface area (Å²) in [6, 6.07) is 3.26. The zero-order chi connectivity index (χ0) is 11.1. The third-order valence-electron chi connectivity index (χ3n) is 1.91. The Hall–Kier alpha value is -1.40. The van der Waals surface area contributed by atoms with Crippen LogP contribution in [0.3, 0.4) is 0 Å². The predicted octanol–water partition coefficient (Wildman–Crippen LogP) is 2.45. The fourth-order valence-corrected chi connectivity index (χ4v) is 1.11. The van der Waals surface area contributed by atoms with Gasteiger partial charge in [-0.1, -0.05) is 11.8 Å². The molecule has 0 aliphatic rings. The van der Waals surface area contributed by atoms with Crippen molar-refractivity contribution in [1.82, 2.24) is 0 Å². The molecule has 0 aliphatic heterocycles. The van der Waals surface area contributed by atoms with Crippen molar-refractivity contribution in [2.24, 2.45) is 5.73 Å². The molecule has 0 bridgehead atoms. The molecular weight excluding hydrogens is 196 g/mol. The van der Waals surface area contributed by atoms with Gasteiger partial charge < -0.3 is 5.73 Å². The summed E-state index contributed by atoms with van der Waals surface area (Å²) in [4.78, 5) is 0. The Labute approximate surface area is 88.3 Å². The van der Waals surface area contributed by atoms with Crippen molar-refractivity contribution < 1.29 is 8.78 Å². The quantitative estimate of drug-likeness (QED) is 0.600. The van der Waals surface area contributed by atoms with Crippen LogP contribution in [0.25, 0.3) is 0 Å². The van der Waals surface area contributed by atoms with Crippen LogP contribution in [0.15, 0.2) is 18.2 Å². The van der Waals surface area contributed by atoms with E-state index >= 15 is 0 Å². The minimum absolute atomic E-state index is 0.114. The van der Waals surface area contributed by atoms with Crippen molar-refractivity contribution in [2.75, 3.05) is 6.54 Å². The molecule has 0 fully saturated rings. The molecule has 1 rings (SSSR count). The number of rotatable bonds is 3. The molecule has 2 N–H and O–H groups in total. The third kappa shape index (κ3) is 4.09. The van der Waals surface area contributed by atoms with Crippen LogP contribution in [0.2, 0.25) is 0 Å². The summed E-state index contributed by atoms with van der Waals surface area (Å²) in [5, 5.41) is 0. The lowest BCUT2D eigenvalue weighted by atomic mass is 10.2. The largest absolute Gasteiger partial charge is 0.330 e. The first-order valence-electron chi connectivity index (χ1n) is 4.88. The Morgan fingerprint density at radius 3 is 2.73 bits per heavy atom. The van der Waals surface area contributed by atoms with Gasteiger partial charge in [-0.15, -0.1) is 0 Å². The van der Waals surface area contributed by atoms with Gasteiger partial charge >= 0.3 is 0 Å². The molecule has 0 radical (unpaired) electrons. The van der Waals surface area contributed by atoms with Gasteiger partial charge in [0.05, 0.1) is 5.56 Å². The molecule has 0 saturated carbocycles. The number of nitrogens with two attached hydrogens (primary N) is 1. The van der Waals surface area contributed by atoms with E-state index in [0.717, 1.165) is 31.0 Å². The minimum atomic E-state index is -0.484. The Morgan fingerprint density at radius 2 is 2.00 bits per heavy atom. The molecule has 0 atom stereocenters. The van der Waals surface area contributed by atoms with Crippen LogP contribution < -0.4 is 5.73 Å². The molecule has 1 aromatic carbocycles. The molecule has 0 unspecified atom stereocenters. The van der Waals surface area contributed by atoms with Gasteiger partial charge in [-0.3, -0.25) is 0 Å². The molecule has 1 aromatic rings. The molecule has 80 valence electrons. The fourth-order valence-electron chi connectivity index (χ4n) is 1.11. The Kier molecular flexibility index (Phi) is 4.79. The van der Waals surface area contributed by atoms with Gasteiger partial charge in [0.1, 0.15) is 11.6 Å². The molecular formula is C12H13F2N. The van der Waals surface area contributed by atoms with E-state index in [9.17, 15) is 8.78 Å². The zero-order valence-electron chi connectivity index (χ0n) is 8.39. The van der Waals surface area contributed by atoms with Crippen LogP contribution in [0.5, 0.6) is 0 Å². The molecule has 0 amide bonds. The molecule has 0 spiro atoms. The van der Waals surface area contributed by atoms with Crippen LogP contribution in [0.1, 0.15) is 24.8 Å². The zero-order valence-corrected chi connectivity index (χ0v) is 8.39. The highest BCUT2D eigenvalue weighted by atomic mass is 19.1. The van der Waals surface area contributed by atoms with Crippen molar-refractivity contribution in [3.8, 4) is 11.8 Å². The standard InChI is InChI=1S/C12H13F2N/c13-11-6-7-12(14)10(9-11)5-3-1-2-4-8-15/h6-7,9H,1-2,4,8,15H2. The van der Waals surface area contributed by atoms with E-state index in [1.54, 1.807) is 0 Å². The second-order valence-electron chi connectivity index (χ2n) is 3.17. The van der Waals surface area contributed by atoms with Gasteiger partial charge in [0.25, 0.3) is 0 Å². The van der Waals surface area contributed by atoms with Crippen molar-refractivity contribution in [3.63, 3.8) is 0 Å². The SMILES string of the molecule is NCCCCC#Cc1cc(F)ccc1F. The minimum Gasteiger partial charge on any atom is -0.330 e. The lowest BCUT2D eigenvalue weighted by molar-refractivity contribution is 0.597. The summed E-state index contributed by atoms with van der Waals surface area (Å²) < 4.78 is 25.8. The molecule has 0 aromatic heterocycles. The first kappa shape index (κ1) is 11.7. The van der Waals surface area contributed by atoms with Gasteiger partial charge in [0.15, 0.2) is 0 Å². The van der Waals surface area contributed by atoms with E-state index < -0.39 is 11.6 Å². The molecule has 1 nitrogen and oxygen atoms in total. The van der Waals surface area contributed by atoms with Crippen LogP contribution in [-0.4, -0.2) is 6.54 Å². The fraction of sp³-hybridized carbons (Fsp3) is 0.333. The number of hydrogen-bond acceptors (Lipinski definition) is 1. The molecule has 3 heteroatoms. The van der Waals surface area contributed by atoms with Gasteiger partial charge in [0.2, 0.25) is 0 Å². The average Bonchev–Trinajstić information content (AvgIpc) is 2.23. The van der Waals surface area contributed by atoms with Gasteiger partial charge in [-0.25, -0.2) is 8.78 Å². The van der Waals surface area contributed by atoms with Gasteiger partial charge in [-0.05, 0) is 37.6 Å². The Bertz CT molecular complexity index is 377. The number of benzene rings is 1. The maximum atomic E-state index is 13.1. The first-order chi connectivity index (χ1) is 7.24. The van der Waals surface area contributed by atoms with E-state index in [1.165, 1.54) is 0 Å². The van der Waals surface area contributed by atoms with Crippen molar-refractivity contribution in [3.05, 3.63) is 35.4 Å². The van der Waals surface area contributed by atoms with E-state index in [0.29, 0.717) is 13.0 Å². The van der Waals surface area contributed by atoms with E-state index in [4.69, 9.17) is 5.73 Å². The summed E-state index contributed by atoms with van der Waals surface area (Å²) >= 11 is 0. The maximum Gasteiger partial charge on any atom is 0.139 e. The van der Waals surface area contributed by atoms with Crippen LogP contribution in [-0.2, 0) is 0 Å². The van der Waals surface area contributed by atoms with Crippen molar-refractivity contribution >= 4 is 0 Å². The van der Waals surface area contributed by atoms with Crippen molar-refractivity contribution in [1.29, 1.82) is 0 Å². The molecule has 0 heterocycles. The maximum absolute atomic E-state index is 13.1. The second kappa shape index (κ2) is 6.15. The topological polar surface area (TPSA) is 26.0 Å². The highest BCUT2D eigenvalue weighted by molar-refractivity contribution is 5.35. The lowest BCUT2D eigenvalue weighted by Crippen LogP contribution is -1.97. The number of halogens is 2. The first-order valence-corrected chi connectivity index (χ1v) is 4.88. The van der Waals surface area contributed by atoms with Crippen LogP contribution >= 0.6 is 0 Å². The monoisotopic (exact) mass is 209 g/mol. The van der Waals surface area contributed by atoms with Crippen molar-refractivity contribution in [2.45, 2.75) is 19.3 Å². The molecule has 15 heavy (non-hydrogen) atoms. The summed E-state index contributed by atoms with van der Waals surface area (Å²) in [7, 11) is 0. The van der Waals surface area contributed by atoms with Gasteiger partial charge in [-0.2, -0.15) is 0 Å². The van der Waals surface area contributed by atoms with E-state index in [1.807, 2.05) is 0 Å². The number of hydrogen-bond donors (Lipinski definition) is 1. The summed E-state index contributed by atoms with van der Waals surface area (Å²) in [6.45, 7) is 0.635. The second-order valence-corrected chi connectivity index (χ2v) is 3.17. The smallest absolute Gasteiger partial charge is 0.139 e. The highest BCUT2D eigenvalue weighted by Gasteiger charge is 1.99. The molecule has 0 aliphatic carbocycles. The average molecular weight is 209 g/mol. The number of unbranched alkanes of at least 4 members (excludes halogenated alkanes) is 2. The van der Waals surface area contributed by atoms with Gasteiger partial charge in [0, 0.05) is 6.42 Å². The summed E-state index contributed by atoms with van der Waals surface area (Å²) in [5.41, 5.74) is 5.42. The Balaban J connectivity index is 2.59.